The summed E-state index contributed by atoms with van der Waals surface area (Å²) in [4.78, 5) is 24.5. The van der Waals surface area contributed by atoms with Crippen LogP contribution in [0.25, 0.3) is 33.9 Å². The number of nitrogens with zero attached hydrogens (tertiary/aromatic N) is 3. The molecule has 27 heavy (non-hydrogen) atoms. The van der Waals surface area contributed by atoms with Crippen LogP contribution in [-0.2, 0) is 0 Å². The smallest absolute Gasteiger partial charge is 0.335 e. The molecule has 1 N–H and O–H groups in total. The van der Waals surface area contributed by atoms with Crippen LogP contribution in [0, 0.1) is 0 Å². The number of aromatic nitrogens is 3. The number of aromatic carboxylic acids is 1. The van der Waals surface area contributed by atoms with E-state index in [1.165, 1.54) is 0 Å². The number of carbonyl (C=O) groups is 1. The molecule has 0 bridgehead atoms. The summed E-state index contributed by atoms with van der Waals surface area (Å²) in [5, 5.41) is 9.04. The highest BCUT2D eigenvalue weighted by atomic mass is 16.4. The van der Waals surface area contributed by atoms with E-state index in [4.69, 9.17) is 5.11 Å². The predicted octanol–water partition coefficient (Wildman–Crippen LogP) is 4.57. The van der Waals surface area contributed by atoms with Crippen LogP contribution in [0.4, 0.5) is 0 Å². The number of hydrogen-bond donors (Lipinski definition) is 1. The molecule has 0 radical (unpaired) electrons. The normalized spacial score (nSPS) is 10.5. The van der Waals surface area contributed by atoms with Gasteiger partial charge in [-0.2, -0.15) is 0 Å². The lowest BCUT2D eigenvalue weighted by atomic mass is 10.0. The Bertz CT molecular complexity index is 1090. The Morgan fingerprint density at radius 1 is 0.667 bits per heavy atom. The van der Waals surface area contributed by atoms with Gasteiger partial charge in [-0.3, -0.25) is 9.97 Å². The molecule has 4 aromatic rings. The van der Waals surface area contributed by atoms with E-state index < -0.39 is 5.97 Å². The van der Waals surface area contributed by atoms with Gasteiger partial charge in [-0.1, -0.05) is 24.3 Å². The molecule has 0 amide bonds. The van der Waals surface area contributed by atoms with E-state index in [-0.39, 0.29) is 5.56 Å². The van der Waals surface area contributed by atoms with Crippen molar-refractivity contribution < 1.29 is 9.90 Å². The van der Waals surface area contributed by atoms with Crippen molar-refractivity contribution in [3.63, 3.8) is 0 Å². The second-order valence-electron chi connectivity index (χ2n) is 5.94. The molecule has 0 fully saturated rings. The minimum Gasteiger partial charge on any atom is -0.478 e. The van der Waals surface area contributed by atoms with E-state index in [0.29, 0.717) is 0 Å². The van der Waals surface area contributed by atoms with Crippen LogP contribution in [0.1, 0.15) is 10.4 Å². The molecule has 0 spiro atoms. The molecule has 4 rings (SSSR count). The molecular weight excluding hydrogens is 338 g/mol. The molecule has 0 atom stereocenters. The second kappa shape index (κ2) is 7.17. The molecular formula is C22H15N3O2. The van der Waals surface area contributed by atoms with Gasteiger partial charge in [0.2, 0.25) is 0 Å². The van der Waals surface area contributed by atoms with E-state index >= 15 is 0 Å². The monoisotopic (exact) mass is 353 g/mol. The van der Waals surface area contributed by atoms with Gasteiger partial charge in [-0.05, 0) is 59.7 Å². The van der Waals surface area contributed by atoms with Crippen LogP contribution < -0.4 is 0 Å². The number of benzene rings is 1. The number of carboxylic acid groups (broad SMARTS) is 1. The van der Waals surface area contributed by atoms with Gasteiger partial charge in [0.1, 0.15) is 0 Å². The second-order valence-corrected chi connectivity index (χ2v) is 5.94. The maximum atomic E-state index is 11.0. The molecule has 0 unspecified atom stereocenters. The van der Waals surface area contributed by atoms with E-state index in [2.05, 4.69) is 15.0 Å². The van der Waals surface area contributed by atoms with Crippen molar-refractivity contribution in [2.75, 3.05) is 0 Å². The fraction of sp³-hybridized carbons (Fsp3) is 0. The zero-order valence-electron chi connectivity index (χ0n) is 14.3. The quantitative estimate of drug-likeness (QED) is 0.581. The summed E-state index contributed by atoms with van der Waals surface area (Å²) in [5.41, 5.74) is 5.21. The van der Waals surface area contributed by atoms with Gasteiger partial charge in [-0.25, -0.2) is 9.78 Å². The Hall–Kier alpha value is -3.86. The van der Waals surface area contributed by atoms with E-state index in [1.807, 2.05) is 48.5 Å². The highest BCUT2D eigenvalue weighted by Gasteiger charge is 2.08. The van der Waals surface area contributed by atoms with Crippen molar-refractivity contribution in [1.82, 2.24) is 15.0 Å². The van der Waals surface area contributed by atoms with Gasteiger partial charge >= 0.3 is 5.97 Å². The molecule has 0 aliphatic carbocycles. The fourth-order valence-electron chi connectivity index (χ4n) is 2.79. The third-order valence-corrected chi connectivity index (χ3v) is 4.16. The first kappa shape index (κ1) is 16.6. The van der Waals surface area contributed by atoms with E-state index in [0.717, 1.165) is 33.9 Å². The summed E-state index contributed by atoms with van der Waals surface area (Å²) in [6.07, 6.45) is 3.47. The average Bonchev–Trinajstić information content (AvgIpc) is 2.75. The third kappa shape index (κ3) is 3.57. The molecule has 3 heterocycles. The van der Waals surface area contributed by atoms with Gasteiger partial charge in [-0.15, -0.1) is 0 Å². The topological polar surface area (TPSA) is 76.0 Å². The Balaban J connectivity index is 1.70. The van der Waals surface area contributed by atoms with Crippen LogP contribution in [0.5, 0.6) is 0 Å². The van der Waals surface area contributed by atoms with Gasteiger partial charge in [0.25, 0.3) is 0 Å². The lowest BCUT2D eigenvalue weighted by molar-refractivity contribution is 0.0697. The van der Waals surface area contributed by atoms with Crippen molar-refractivity contribution in [1.29, 1.82) is 0 Å². The number of carboxylic acids is 1. The summed E-state index contributed by atoms with van der Waals surface area (Å²) < 4.78 is 0. The molecule has 5 nitrogen and oxygen atoms in total. The maximum Gasteiger partial charge on any atom is 0.335 e. The standard InChI is InChI=1S/C22H15N3O2/c26-22(27)16-9-7-15(8-10-16)17-11-13-24-21(14-17)20-6-3-5-19(25-20)18-4-1-2-12-23-18/h1-14H,(H,26,27). The van der Waals surface area contributed by atoms with E-state index in [1.54, 1.807) is 36.7 Å². The molecule has 1 aromatic carbocycles. The van der Waals surface area contributed by atoms with Crippen LogP contribution in [0.3, 0.4) is 0 Å². The Morgan fingerprint density at radius 2 is 1.37 bits per heavy atom. The summed E-state index contributed by atoms with van der Waals surface area (Å²) in [7, 11) is 0. The minimum atomic E-state index is -0.937. The van der Waals surface area contributed by atoms with Crippen LogP contribution in [0.2, 0.25) is 0 Å². The van der Waals surface area contributed by atoms with Gasteiger partial charge in [0.15, 0.2) is 0 Å². The highest BCUT2D eigenvalue weighted by molar-refractivity contribution is 5.88. The molecule has 0 aliphatic heterocycles. The largest absolute Gasteiger partial charge is 0.478 e. The van der Waals surface area contributed by atoms with Crippen LogP contribution in [-0.4, -0.2) is 26.0 Å². The van der Waals surface area contributed by atoms with Crippen molar-refractivity contribution in [2.45, 2.75) is 0 Å². The first-order chi connectivity index (χ1) is 13.2. The van der Waals surface area contributed by atoms with E-state index in [9.17, 15) is 4.79 Å². The summed E-state index contributed by atoms with van der Waals surface area (Å²) in [6.45, 7) is 0. The SMILES string of the molecule is O=C(O)c1ccc(-c2ccnc(-c3cccc(-c4ccccn4)n3)c2)cc1. The van der Waals surface area contributed by atoms with Gasteiger partial charge in [0, 0.05) is 12.4 Å². The Kier molecular flexibility index (Phi) is 4.41. The van der Waals surface area contributed by atoms with Crippen molar-refractivity contribution >= 4 is 5.97 Å². The Morgan fingerprint density at radius 3 is 2.07 bits per heavy atom. The summed E-state index contributed by atoms with van der Waals surface area (Å²) >= 11 is 0. The van der Waals surface area contributed by atoms with Crippen molar-refractivity contribution in [2.24, 2.45) is 0 Å². The minimum absolute atomic E-state index is 0.262. The fourth-order valence-corrected chi connectivity index (χ4v) is 2.79. The van der Waals surface area contributed by atoms with Crippen molar-refractivity contribution in [3.8, 4) is 33.9 Å². The summed E-state index contributed by atoms with van der Waals surface area (Å²) in [5.74, 6) is -0.937. The molecule has 130 valence electrons. The summed E-state index contributed by atoms with van der Waals surface area (Å²) in [6, 6.07) is 22.1. The molecule has 0 saturated carbocycles. The zero-order chi connectivity index (χ0) is 18.6. The first-order valence-corrected chi connectivity index (χ1v) is 8.39. The van der Waals surface area contributed by atoms with Gasteiger partial charge < -0.3 is 5.11 Å². The zero-order valence-corrected chi connectivity index (χ0v) is 14.3. The maximum absolute atomic E-state index is 11.0. The molecule has 0 saturated heterocycles. The first-order valence-electron chi connectivity index (χ1n) is 8.39. The Labute approximate surface area is 156 Å². The molecule has 5 heteroatoms. The number of pyridine rings is 3. The highest BCUT2D eigenvalue weighted by Crippen LogP contribution is 2.25. The number of rotatable bonds is 4. The number of hydrogen-bond acceptors (Lipinski definition) is 4. The average molecular weight is 353 g/mol. The third-order valence-electron chi connectivity index (χ3n) is 4.16. The predicted molar refractivity (Wildman–Crippen MR) is 103 cm³/mol. The van der Waals surface area contributed by atoms with Gasteiger partial charge in [0.05, 0.1) is 28.3 Å². The van der Waals surface area contributed by atoms with Crippen molar-refractivity contribution in [3.05, 3.63) is 90.8 Å². The molecule has 3 aromatic heterocycles. The van der Waals surface area contributed by atoms with Crippen LogP contribution in [0.15, 0.2) is 85.2 Å². The van der Waals surface area contributed by atoms with Crippen LogP contribution >= 0.6 is 0 Å². The molecule has 0 aliphatic rings. The lowest BCUT2D eigenvalue weighted by Crippen LogP contribution is -1.95. The lowest BCUT2D eigenvalue weighted by Gasteiger charge is -2.07.